The topological polar surface area (TPSA) is 0 Å². The van der Waals surface area contributed by atoms with E-state index in [0.29, 0.717) is 5.92 Å². The monoisotopic (exact) mass is 160 g/mol. The average molecular weight is 160 g/mol. The summed E-state index contributed by atoms with van der Waals surface area (Å²) in [7, 11) is 0. The molecule has 2 unspecified atom stereocenters. The summed E-state index contributed by atoms with van der Waals surface area (Å²) in [5, 5.41) is 0. The van der Waals surface area contributed by atoms with Crippen molar-refractivity contribution < 1.29 is 4.39 Å². The molecule has 0 nitrogen and oxygen atoms in total. The van der Waals surface area contributed by atoms with Gasteiger partial charge in [-0.3, -0.25) is 4.39 Å². The third-order valence-corrected chi connectivity index (χ3v) is 2.71. The van der Waals surface area contributed by atoms with E-state index in [1.807, 2.05) is 6.92 Å². The predicted octanol–water partition coefficient (Wildman–Crippen LogP) is 3.81. The smallest absolute Gasteiger partial charge is 0.0947 e. The predicted molar refractivity (Wildman–Crippen MR) is 48.4 cm³/mol. The number of hydrogen-bond donors (Lipinski definition) is 0. The van der Waals surface area contributed by atoms with Gasteiger partial charge in [0.25, 0.3) is 0 Å². The molecule has 0 spiro atoms. The van der Waals surface area contributed by atoms with Crippen LogP contribution >= 0.6 is 0 Å². The molecule has 0 aliphatic rings. The van der Waals surface area contributed by atoms with E-state index in [0.717, 1.165) is 19.3 Å². The zero-order valence-electron chi connectivity index (χ0n) is 8.28. The van der Waals surface area contributed by atoms with Crippen molar-refractivity contribution in [3.05, 3.63) is 0 Å². The SMILES string of the molecule is CCC(C)CC(C)(CC)CF. The number of alkyl halides is 1. The van der Waals surface area contributed by atoms with Crippen LogP contribution in [-0.2, 0) is 0 Å². The minimum atomic E-state index is -0.173. The lowest BCUT2D eigenvalue weighted by Crippen LogP contribution is -2.20. The molecule has 0 saturated carbocycles. The summed E-state index contributed by atoms with van der Waals surface area (Å²) in [4.78, 5) is 0. The maximum absolute atomic E-state index is 12.5. The highest BCUT2D eigenvalue weighted by Gasteiger charge is 2.23. The van der Waals surface area contributed by atoms with E-state index < -0.39 is 0 Å². The maximum Gasteiger partial charge on any atom is 0.0947 e. The first-order valence-electron chi connectivity index (χ1n) is 4.64. The first-order chi connectivity index (χ1) is 5.08. The Morgan fingerprint density at radius 1 is 1.36 bits per heavy atom. The quantitative estimate of drug-likeness (QED) is 0.573. The van der Waals surface area contributed by atoms with Crippen molar-refractivity contribution in [3.63, 3.8) is 0 Å². The number of hydrogen-bond acceptors (Lipinski definition) is 0. The summed E-state index contributed by atoms with van der Waals surface area (Å²) >= 11 is 0. The van der Waals surface area contributed by atoms with Crippen molar-refractivity contribution in [2.75, 3.05) is 6.67 Å². The molecule has 0 radical (unpaired) electrons. The van der Waals surface area contributed by atoms with Gasteiger partial charge < -0.3 is 0 Å². The van der Waals surface area contributed by atoms with Gasteiger partial charge in [-0.2, -0.15) is 0 Å². The fourth-order valence-electron chi connectivity index (χ4n) is 1.28. The molecule has 0 aromatic heterocycles. The molecule has 0 aromatic carbocycles. The lowest BCUT2D eigenvalue weighted by atomic mass is 9.80. The molecule has 0 N–H and O–H groups in total. The van der Waals surface area contributed by atoms with Gasteiger partial charge in [-0.05, 0) is 24.2 Å². The van der Waals surface area contributed by atoms with Crippen LogP contribution in [0.2, 0.25) is 0 Å². The van der Waals surface area contributed by atoms with E-state index in [4.69, 9.17) is 0 Å². The first-order valence-corrected chi connectivity index (χ1v) is 4.64. The first kappa shape index (κ1) is 10.9. The van der Waals surface area contributed by atoms with Gasteiger partial charge in [-0.25, -0.2) is 0 Å². The molecular formula is C10H21F. The molecule has 0 aliphatic carbocycles. The molecule has 0 aliphatic heterocycles. The minimum Gasteiger partial charge on any atom is -0.251 e. The lowest BCUT2D eigenvalue weighted by molar-refractivity contribution is 0.175. The van der Waals surface area contributed by atoms with Crippen molar-refractivity contribution >= 4 is 0 Å². The molecule has 0 rings (SSSR count). The van der Waals surface area contributed by atoms with Gasteiger partial charge in [-0.15, -0.1) is 0 Å². The molecule has 68 valence electrons. The number of halogens is 1. The highest BCUT2D eigenvalue weighted by molar-refractivity contribution is 4.73. The van der Waals surface area contributed by atoms with Gasteiger partial charge in [-0.1, -0.05) is 34.1 Å². The summed E-state index contributed by atoms with van der Waals surface area (Å²) in [5.41, 5.74) is -0.0601. The van der Waals surface area contributed by atoms with Gasteiger partial charge in [0, 0.05) is 0 Å². The summed E-state index contributed by atoms with van der Waals surface area (Å²) in [6.07, 6.45) is 3.14. The molecule has 0 fully saturated rings. The van der Waals surface area contributed by atoms with Crippen LogP contribution in [0.3, 0.4) is 0 Å². The van der Waals surface area contributed by atoms with Crippen LogP contribution in [0.25, 0.3) is 0 Å². The average Bonchev–Trinajstić information content (AvgIpc) is 2.04. The Morgan fingerprint density at radius 3 is 2.18 bits per heavy atom. The molecule has 1 heteroatoms. The van der Waals surface area contributed by atoms with Crippen LogP contribution in [-0.4, -0.2) is 6.67 Å². The van der Waals surface area contributed by atoms with Crippen LogP contribution in [0.5, 0.6) is 0 Å². The fraction of sp³-hybridized carbons (Fsp3) is 1.00. The van der Waals surface area contributed by atoms with E-state index in [-0.39, 0.29) is 12.1 Å². The van der Waals surface area contributed by atoms with Gasteiger partial charge in [0.2, 0.25) is 0 Å². The third kappa shape index (κ3) is 3.74. The molecule has 0 aromatic rings. The molecular weight excluding hydrogens is 139 g/mol. The van der Waals surface area contributed by atoms with Crippen LogP contribution in [0, 0.1) is 11.3 Å². The molecule has 2 atom stereocenters. The highest BCUT2D eigenvalue weighted by Crippen LogP contribution is 2.31. The summed E-state index contributed by atoms with van der Waals surface area (Å²) < 4.78 is 12.5. The second-order valence-electron chi connectivity index (χ2n) is 4.02. The van der Waals surface area contributed by atoms with Gasteiger partial charge >= 0.3 is 0 Å². The van der Waals surface area contributed by atoms with Gasteiger partial charge in [0.1, 0.15) is 0 Å². The van der Waals surface area contributed by atoms with Crippen molar-refractivity contribution in [3.8, 4) is 0 Å². The standard InChI is InChI=1S/C10H21F/c1-5-9(3)7-10(4,6-2)8-11/h9H,5-8H2,1-4H3. The van der Waals surface area contributed by atoms with E-state index >= 15 is 0 Å². The minimum absolute atomic E-state index is 0.0601. The van der Waals surface area contributed by atoms with Gasteiger partial charge in [0.15, 0.2) is 0 Å². The lowest BCUT2D eigenvalue weighted by Gasteiger charge is -2.27. The molecule has 0 heterocycles. The van der Waals surface area contributed by atoms with Crippen molar-refractivity contribution in [2.45, 2.75) is 47.0 Å². The molecule has 11 heavy (non-hydrogen) atoms. The zero-order valence-corrected chi connectivity index (χ0v) is 8.28. The van der Waals surface area contributed by atoms with Crippen molar-refractivity contribution in [1.29, 1.82) is 0 Å². The van der Waals surface area contributed by atoms with Crippen LogP contribution in [0.4, 0.5) is 4.39 Å². The normalized spacial score (nSPS) is 19.4. The van der Waals surface area contributed by atoms with Crippen LogP contribution < -0.4 is 0 Å². The molecule has 0 amide bonds. The Morgan fingerprint density at radius 2 is 1.91 bits per heavy atom. The molecule has 0 bridgehead atoms. The third-order valence-electron chi connectivity index (χ3n) is 2.71. The maximum atomic E-state index is 12.5. The Bertz CT molecular complexity index is 95.0. The highest BCUT2D eigenvalue weighted by atomic mass is 19.1. The summed E-state index contributed by atoms with van der Waals surface area (Å²) in [6, 6.07) is 0. The summed E-state index contributed by atoms with van der Waals surface area (Å²) in [6.45, 7) is 8.30. The molecule has 0 saturated heterocycles. The zero-order chi connectivity index (χ0) is 8.91. The summed E-state index contributed by atoms with van der Waals surface area (Å²) in [5.74, 6) is 0.663. The van der Waals surface area contributed by atoms with E-state index in [1.54, 1.807) is 0 Å². The van der Waals surface area contributed by atoms with Crippen LogP contribution in [0.15, 0.2) is 0 Å². The van der Waals surface area contributed by atoms with Crippen molar-refractivity contribution in [1.82, 2.24) is 0 Å². The second-order valence-corrected chi connectivity index (χ2v) is 4.02. The van der Waals surface area contributed by atoms with E-state index in [1.165, 1.54) is 0 Å². The van der Waals surface area contributed by atoms with E-state index in [9.17, 15) is 4.39 Å². The van der Waals surface area contributed by atoms with E-state index in [2.05, 4.69) is 20.8 Å². The Labute approximate surface area is 70.2 Å². The van der Waals surface area contributed by atoms with Crippen molar-refractivity contribution in [2.24, 2.45) is 11.3 Å². The fourth-order valence-corrected chi connectivity index (χ4v) is 1.28. The Kier molecular flexibility index (Phi) is 4.71. The number of rotatable bonds is 5. The Balaban J connectivity index is 3.86. The van der Waals surface area contributed by atoms with Gasteiger partial charge in [0.05, 0.1) is 6.67 Å². The largest absolute Gasteiger partial charge is 0.251 e. The second kappa shape index (κ2) is 4.74. The van der Waals surface area contributed by atoms with Crippen LogP contribution in [0.1, 0.15) is 47.0 Å². The Hall–Kier alpha value is -0.0700.